The van der Waals surface area contributed by atoms with Crippen molar-refractivity contribution in [2.75, 3.05) is 37.3 Å². The molecule has 4 aromatic rings. The van der Waals surface area contributed by atoms with E-state index < -0.39 is 16.3 Å². The third-order valence-corrected chi connectivity index (χ3v) is 9.11. The van der Waals surface area contributed by atoms with Crippen molar-refractivity contribution in [2.45, 2.75) is 19.8 Å². The summed E-state index contributed by atoms with van der Waals surface area (Å²) < 4.78 is 31.1. The van der Waals surface area contributed by atoms with Crippen molar-refractivity contribution < 1.29 is 18.3 Å². The highest BCUT2D eigenvalue weighted by Crippen LogP contribution is 2.38. The SMILES string of the molecule is Cc1ncc(Cl)c([C@@H](N)Oc2cc3c(-c4cnc(N5CCN(S(C)(=O)=O)CC5)c(CO)c4)n[nH]c3cc2Cl)c1Cl. The van der Waals surface area contributed by atoms with Crippen molar-refractivity contribution >= 4 is 61.5 Å². The number of piperazine rings is 1. The van der Waals surface area contributed by atoms with Crippen molar-refractivity contribution in [2.24, 2.45) is 5.73 Å². The number of ether oxygens (including phenoxy) is 1. The molecule has 4 N–H and O–H groups in total. The number of nitrogens with one attached hydrogen (secondary N) is 1. The van der Waals surface area contributed by atoms with Crippen LogP contribution in [0, 0.1) is 6.92 Å². The highest BCUT2D eigenvalue weighted by Gasteiger charge is 2.26. The Balaban J connectivity index is 1.45. The van der Waals surface area contributed by atoms with Crippen LogP contribution in [0.25, 0.3) is 22.2 Å². The summed E-state index contributed by atoms with van der Waals surface area (Å²) in [6.07, 6.45) is 3.30. The van der Waals surface area contributed by atoms with Crippen LogP contribution in [0.5, 0.6) is 5.75 Å². The molecule has 0 spiro atoms. The second-order valence-corrected chi connectivity index (χ2v) is 12.5. The van der Waals surface area contributed by atoms with Crippen molar-refractivity contribution in [3.63, 3.8) is 0 Å². The fourth-order valence-corrected chi connectivity index (χ4v) is 6.22. The van der Waals surface area contributed by atoms with Gasteiger partial charge in [-0.05, 0) is 25.1 Å². The summed E-state index contributed by atoms with van der Waals surface area (Å²) >= 11 is 19.2. The first-order valence-corrected chi connectivity index (χ1v) is 15.2. The summed E-state index contributed by atoms with van der Waals surface area (Å²) in [6, 6.07) is 5.19. The van der Waals surface area contributed by atoms with Crippen molar-refractivity contribution in [1.82, 2.24) is 24.5 Å². The average molecular weight is 627 g/mol. The maximum Gasteiger partial charge on any atom is 0.211 e. The summed E-state index contributed by atoms with van der Waals surface area (Å²) in [4.78, 5) is 10.7. The first kappa shape index (κ1) is 28.8. The molecule has 0 amide bonds. The summed E-state index contributed by atoms with van der Waals surface area (Å²) in [7, 11) is -3.26. The van der Waals surface area contributed by atoms with Gasteiger partial charge in [-0.15, -0.1) is 0 Å². The van der Waals surface area contributed by atoms with Crippen LogP contribution in [0.2, 0.25) is 15.1 Å². The van der Waals surface area contributed by atoms with E-state index in [1.807, 2.05) is 4.90 Å². The number of pyridine rings is 2. The Bertz CT molecular complexity index is 1690. The lowest BCUT2D eigenvalue weighted by Gasteiger charge is -2.34. The zero-order chi connectivity index (χ0) is 28.8. The summed E-state index contributed by atoms with van der Waals surface area (Å²) in [5, 5.41) is 19.1. The molecule has 0 radical (unpaired) electrons. The summed E-state index contributed by atoms with van der Waals surface area (Å²) in [6.45, 7) is 3.09. The normalized spacial score (nSPS) is 15.5. The molecule has 3 aromatic heterocycles. The number of fused-ring (bicyclic) bond motifs is 1. The van der Waals surface area contributed by atoms with Crippen LogP contribution in [0.15, 0.2) is 30.6 Å². The third-order valence-electron chi connectivity index (χ3n) is 6.73. The predicted molar refractivity (Wildman–Crippen MR) is 155 cm³/mol. The number of aliphatic hydroxyl groups excluding tert-OH is 1. The van der Waals surface area contributed by atoms with Gasteiger partial charge in [-0.3, -0.25) is 15.8 Å². The van der Waals surface area contributed by atoms with E-state index in [0.29, 0.717) is 86.8 Å². The van der Waals surface area contributed by atoms with Crippen LogP contribution in [0.3, 0.4) is 0 Å². The summed E-state index contributed by atoms with van der Waals surface area (Å²) in [5.74, 6) is 0.889. The smallest absolute Gasteiger partial charge is 0.211 e. The van der Waals surface area contributed by atoms with Gasteiger partial charge in [-0.2, -0.15) is 9.40 Å². The van der Waals surface area contributed by atoms with Gasteiger partial charge in [0.25, 0.3) is 0 Å². The largest absolute Gasteiger partial charge is 0.470 e. The number of aryl methyl sites for hydroxylation is 1. The van der Waals surface area contributed by atoms with Gasteiger partial charge < -0.3 is 14.7 Å². The molecular formula is C25H26Cl3N7O4S. The number of rotatable bonds is 7. The maximum atomic E-state index is 11.9. The Morgan fingerprint density at radius 1 is 1.10 bits per heavy atom. The van der Waals surface area contributed by atoms with E-state index in [2.05, 4.69) is 20.2 Å². The Hall–Kier alpha value is -2.71. The maximum absolute atomic E-state index is 11.9. The predicted octanol–water partition coefficient (Wildman–Crippen LogP) is 3.90. The Morgan fingerprint density at radius 3 is 2.50 bits per heavy atom. The number of halogens is 3. The number of nitrogens with zero attached hydrogens (tertiary/aromatic N) is 5. The van der Waals surface area contributed by atoms with Crippen molar-refractivity contribution in [3.8, 4) is 17.0 Å². The van der Waals surface area contributed by atoms with E-state index in [1.165, 1.54) is 16.8 Å². The fourth-order valence-electron chi connectivity index (χ4n) is 4.63. The summed E-state index contributed by atoms with van der Waals surface area (Å²) in [5.41, 5.74) is 9.73. The molecule has 40 heavy (non-hydrogen) atoms. The molecule has 1 aromatic carbocycles. The zero-order valence-electron chi connectivity index (χ0n) is 21.5. The molecule has 0 unspecified atom stereocenters. The Labute approximate surface area is 245 Å². The number of benzene rings is 1. The quantitative estimate of drug-likeness (QED) is 0.260. The molecular weight excluding hydrogens is 601 g/mol. The molecule has 0 bridgehead atoms. The number of sulfonamides is 1. The molecule has 212 valence electrons. The van der Waals surface area contributed by atoms with Gasteiger partial charge in [0.2, 0.25) is 10.0 Å². The lowest BCUT2D eigenvalue weighted by molar-refractivity contribution is 0.214. The van der Waals surface area contributed by atoms with Gasteiger partial charge in [0, 0.05) is 60.6 Å². The second kappa shape index (κ2) is 11.3. The molecule has 1 aliphatic heterocycles. The van der Waals surface area contributed by atoms with Gasteiger partial charge >= 0.3 is 0 Å². The monoisotopic (exact) mass is 625 g/mol. The van der Waals surface area contributed by atoms with Crippen LogP contribution < -0.4 is 15.4 Å². The highest BCUT2D eigenvalue weighted by atomic mass is 35.5. The fraction of sp³-hybridized carbons (Fsp3) is 0.320. The lowest BCUT2D eigenvalue weighted by atomic mass is 10.1. The minimum absolute atomic E-state index is 0.257. The van der Waals surface area contributed by atoms with E-state index >= 15 is 0 Å². The van der Waals surface area contributed by atoms with Gasteiger partial charge in [0.15, 0.2) is 6.23 Å². The molecule has 1 atom stereocenters. The van der Waals surface area contributed by atoms with Crippen LogP contribution in [-0.2, 0) is 16.6 Å². The van der Waals surface area contributed by atoms with Crippen molar-refractivity contribution in [3.05, 3.63) is 62.5 Å². The van der Waals surface area contributed by atoms with E-state index in [1.54, 1.807) is 31.3 Å². The number of nitrogens with two attached hydrogens (primary N) is 1. The lowest BCUT2D eigenvalue weighted by Crippen LogP contribution is -2.48. The van der Waals surface area contributed by atoms with Crippen LogP contribution in [0.4, 0.5) is 5.82 Å². The van der Waals surface area contributed by atoms with E-state index in [-0.39, 0.29) is 11.6 Å². The molecule has 1 fully saturated rings. The molecule has 1 aliphatic rings. The number of hydrogen-bond donors (Lipinski definition) is 3. The molecule has 11 nitrogen and oxygen atoms in total. The van der Waals surface area contributed by atoms with Crippen LogP contribution in [0.1, 0.15) is 23.0 Å². The Morgan fingerprint density at radius 2 is 1.82 bits per heavy atom. The molecule has 15 heteroatoms. The van der Waals surface area contributed by atoms with Gasteiger partial charge in [0.05, 0.1) is 39.1 Å². The molecule has 5 rings (SSSR count). The number of H-pyrrole nitrogens is 1. The first-order chi connectivity index (χ1) is 19.0. The minimum Gasteiger partial charge on any atom is -0.470 e. The number of anilines is 1. The van der Waals surface area contributed by atoms with Gasteiger partial charge in [0.1, 0.15) is 17.3 Å². The number of aromatic amines is 1. The molecule has 0 aliphatic carbocycles. The Kier molecular flexibility index (Phi) is 8.13. The van der Waals surface area contributed by atoms with Gasteiger partial charge in [-0.25, -0.2) is 13.4 Å². The van der Waals surface area contributed by atoms with E-state index in [4.69, 9.17) is 45.3 Å². The van der Waals surface area contributed by atoms with Crippen LogP contribution in [-0.4, -0.2) is 70.4 Å². The van der Waals surface area contributed by atoms with Crippen LogP contribution >= 0.6 is 34.8 Å². The zero-order valence-corrected chi connectivity index (χ0v) is 24.6. The molecule has 4 heterocycles. The van der Waals surface area contributed by atoms with Crippen molar-refractivity contribution in [1.29, 1.82) is 0 Å². The van der Waals surface area contributed by atoms with E-state index in [9.17, 15) is 13.5 Å². The average Bonchev–Trinajstić information content (AvgIpc) is 3.32. The number of hydrogen-bond acceptors (Lipinski definition) is 9. The van der Waals surface area contributed by atoms with Gasteiger partial charge in [-0.1, -0.05) is 34.8 Å². The third kappa shape index (κ3) is 5.57. The number of aromatic nitrogens is 4. The number of aliphatic hydroxyl groups is 1. The second-order valence-electron chi connectivity index (χ2n) is 9.37. The first-order valence-electron chi connectivity index (χ1n) is 12.2. The standard InChI is InChI=1S/C25H26Cl3N7O4S/c1-13-22(28)21(18(27)11-30-13)24(29)39-20-8-16-19(9-17(20)26)32-33-23(16)14-7-15(12-36)25(31-10-14)34-3-5-35(6-4-34)40(2,37)38/h7-11,24,36H,3-6,12,29H2,1-2H3,(H,32,33)/t24-/m0/s1. The topological polar surface area (TPSA) is 151 Å². The molecule has 0 saturated carbocycles. The highest BCUT2D eigenvalue weighted by molar-refractivity contribution is 7.88. The minimum atomic E-state index is -3.26. The van der Waals surface area contributed by atoms with E-state index in [0.717, 1.165) is 0 Å². The molecule has 1 saturated heterocycles.